The Bertz CT molecular complexity index is 1390. The Balaban J connectivity index is 1.91. The summed E-state index contributed by atoms with van der Waals surface area (Å²) in [6.07, 6.45) is 1.40. The van der Waals surface area contributed by atoms with Gasteiger partial charge in [0.1, 0.15) is 18.5 Å². The van der Waals surface area contributed by atoms with Gasteiger partial charge in [0.15, 0.2) is 23.4 Å². The minimum Gasteiger partial charge on any atom is -0.493 e. The summed E-state index contributed by atoms with van der Waals surface area (Å²) >= 11 is 6.17. The number of nitrogens with two attached hydrogens (primary N) is 1. The molecular weight excluding hydrogens is 392 g/mol. The highest BCUT2D eigenvalue weighted by atomic mass is 35.5. The highest BCUT2D eigenvalue weighted by Gasteiger charge is 2.22. The molecule has 0 spiro atoms. The van der Waals surface area contributed by atoms with E-state index in [1.54, 1.807) is 31.2 Å². The Morgan fingerprint density at radius 3 is 2.90 bits per heavy atom. The van der Waals surface area contributed by atoms with Crippen LogP contribution in [-0.4, -0.2) is 31.8 Å². The number of hydrogen-bond acceptors (Lipinski definition) is 7. The van der Waals surface area contributed by atoms with Crippen LogP contribution in [0.15, 0.2) is 43.0 Å². The van der Waals surface area contributed by atoms with Gasteiger partial charge < -0.3 is 15.2 Å². The Kier molecular flexibility index (Phi) is 3.37. The summed E-state index contributed by atoms with van der Waals surface area (Å²) in [6, 6.07) is 8.34. The van der Waals surface area contributed by atoms with Gasteiger partial charge in [-0.3, -0.25) is 4.68 Å². The molecule has 0 amide bonds. The molecule has 0 unspecified atom stereocenters. The van der Waals surface area contributed by atoms with Crippen LogP contribution >= 0.6 is 11.6 Å². The lowest BCUT2D eigenvalue weighted by Gasteiger charge is -2.19. The Hall–Kier alpha value is -3.39. The first-order valence-electron chi connectivity index (χ1n) is 11.4. The number of anilines is 1. The molecule has 2 heterocycles. The number of halogens is 1. The third-order valence-electron chi connectivity index (χ3n) is 4.27. The van der Waals surface area contributed by atoms with Crippen molar-refractivity contribution in [3.63, 3.8) is 0 Å². The van der Waals surface area contributed by atoms with Crippen LogP contribution in [0.2, 0.25) is 5.02 Å². The minimum absolute atomic E-state index is 0.0115. The lowest BCUT2D eigenvalue weighted by molar-refractivity contribution is 0.209. The third-order valence-corrected chi connectivity index (χ3v) is 4.51. The zero-order valence-electron chi connectivity index (χ0n) is 21.1. The lowest BCUT2D eigenvalue weighted by Crippen LogP contribution is -2.09. The molecule has 2 aromatic carbocycles. The number of aryl methyl sites for hydroxylation is 1. The second-order valence-corrected chi connectivity index (χ2v) is 6.59. The molecule has 8 nitrogen and oxygen atoms in total. The Morgan fingerprint density at radius 1 is 1.24 bits per heavy atom. The average molecular weight is 417 g/mol. The maximum Gasteiger partial charge on any atom is 0.191 e. The van der Waals surface area contributed by atoms with Gasteiger partial charge in [0.05, 0.1) is 22.1 Å². The first kappa shape index (κ1) is 12.9. The van der Waals surface area contributed by atoms with Crippen LogP contribution in [-0.2, 0) is 6.98 Å². The van der Waals surface area contributed by atoms with Crippen molar-refractivity contribution < 1.29 is 17.7 Å². The molecule has 0 radical (unpaired) electrons. The number of ether oxygens (including phenoxy) is 2. The van der Waals surface area contributed by atoms with E-state index in [0.717, 1.165) is 11.0 Å². The van der Waals surface area contributed by atoms with Crippen LogP contribution in [0.1, 0.15) is 27.1 Å². The number of benzene rings is 2. The van der Waals surface area contributed by atoms with E-state index < -0.39 is 20.1 Å². The van der Waals surface area contributed by atoms with E-state index in [9.17, 15) is 0 Å². The van der Waals surface area contributed by atoms with Crippen molar-refractivity contribution in [1.29, 1.82) is 0 Å². The van der Waals surface area contributed by atoms with Crippen LogP contribution in [0.4, 0.5) is 5.82 Å². The number of hydrogen-bond donors (Lipinski definition) is 1. The highest BCUT2D eigenvalue weighted by Crippen LogP contribution is 2.44. The molecule has 0 fully saturated rings. The first-order valence-corrected chi connectivity index (χ1v) is 8.82. The zero-order valence-corrected chi connectivity index (χ0v) is 15.9. The second kappa shape index (κ2) is 7.56. The molecule has 4 aromatic rings. The van der Waals surface area contributed by atoms with Crippen molar-refractivity contribution in [1.82, 2.24) is 24.7 Å². The van der Waals surface area contributed by atoms with Crippen molar-refractivity contribution >= 4 is 28.3 Å². The van der Waals surface area contributed by atoms with Crippen LogP contribution in [0, 0.1) is 0 Å². The molecule has 0 bridgehead atoms. The van der Waals surface area contributed by atoms with E-state index in [0.29, 0.717) is 21.7 Å². The predicted molar refractivity (Wildman–Crippen MR) is 111 cm³/mol. The molecule has 0 saturated carbocycles. The summed E-state index contributed by atoms with van der Waals surface area (Å²) in [5.41, 5.74) is 7.66. The normalized spacial score (nSPS) is 16.1. The van der Waals surface area contributed by atoms with Gasteiger partial charge in [-0.05, 0) is 30.7 Å². The van der Waals surface area contributed by atoms with Crippen molar-refractivity contribution in [3.05, 3.63) is 53.8 Å². The van der Waals surface area contributed by atoms with Crippen molar-refractivity contribution in [2.45, 2.75) is 13.0 Å². The zero-order chi connectivity index (χ0) is 25.5. The fourth-order valence-corrected chi connectivity index (χ4v) is 3.17. The molecular formula is C20H19ClN6O2. The quantitative estimate of drug-likeness (QED) is 0.527. The van der Waals surface area contributed by atoms with Crippen LogP contribution in [0.25, 0.3) is 22.0 Å². The largest absolute Gasteiger partial charge is 0.493 e. The van der Waals surface area contributed by atoms with Gasteiger partial charge in [-0.15, -0.1) is 0 Å². The maximum atomic E-state index is 7.64. The van der Waals surface area contributed by atoms with Gasteiger partial charge in [-0.1, -0.05) is 23.7 Å². The second-order valence-electron chi connectivity index (χ2n) is 6.15. The number of methoxy groups -OCH3 is 1. The summed E-state index contributed by atoms with van der Waals surface area (Å²) in [7, 11) is -2.83. The molecule has 4 rings (SSSR count). The monoisotopic (exact) mass is 416 g/mol. The number of nitrogen functional groups attached to an aromatic ring is 1. The van der Waals surface area contributed by atoms with E-state index in [1.165, 1.54) is 12.4 Å². The number of fused-ring (bicyclic) bond motifs is 1. The highest BCUT2D eigenvalue weighted by molar-refractivity contribution is 6.31. The molecule has 0 saturated heterocycles. The minimum atomic E-state index is -2.83. The SMILES string of the molecule is [2H]C([2H])([2H])Oc1cc(-c2cccc(Cl)c2)c2ncnc(N)c2c1O[C@@H](C)c1ncn(C([2H])([2H])[2H])n1. The van der Waals surface area contributed by atoms with Crippen LogP contribution in [0.5, 0.6) is 11.5 Å². The molecule has 0 aliphatic rings. The van der Waals surface area contributed by atoms with Gasteiger partial charge >= 0.3 is 0 Å². The van der Waals surface area contributed by atoms with E-state index in [4.69, 9.17) is 35.0 Å². The van der Waals surface area contributed by atoms with E-state index >= 15 is 0 Å². The lowest BCUT2D eigenvalue weighted by atomic mass is 10.0. The standard InChI is InChI=1S/C20H19ClN6O2/c1-11(20-25-10-27(2)26-20)29-18-15(28-3)8-14(12-5-4-6-13(21)7-12)17-16(18)19(22)24-9-23-17/h4-11H,1-3H3,(H2,22,23,24)/t11-/m0/s1/i2D3,3D3. The Morgan fingerprint density at radius 2 is 2.14 bits per heavy atom. The van der Waals surface area contributed by atoms with Gasteiger partial charge in [0, 0.05) is 21.7 Å². The van der Waals surface area contributed by atoms with E-state index in [2.05, 4.69) is 20.1 Å². The number of rotatable bonds is 5. The number of aromatic nitrogens is 5. The summed E-state index contributed by atoms with van der Waals surface area (Å²) in [4.78, 5) is 12.4. The number of nitrogens with zero attached hydrogens (tertiary/aromatic N) is 5. The molecule has 148 valence electrons. The summed E-state index contributed by atoms with van der Waals surface area (Å²) in [5, 5.41) is 4.61. The summed E-state index contributed by atoms with van der Waals surface area (Å²) in [5.74, 6) is -0.158. The van der Waals surface area contributed by atoms with Gasteiger partial charge in [-0.25, -0.2) is 15.0 Å². The third kappa shape index (κ3) is 3.54. The van der Waals surface area contributed by atoms with Crippen LogP contribution in [0.3, 0.4) is 0 Å². The van der Waals surface area contributed by atoms with E-state index in [-0.39, 0.29) is 28.5 Å². The molecule has 2 N–H and O–H groups in total. The molecule has 2 aromatic heterocycles. The molecule has 9 heteroatoms. The maximum absolute atomic E-state index is 7.64. The molecule has 29 heavy (non-hydrogen) atoms. The molecule has 0 aliphatic carbocycles. The van der Waals surface area contributed by atoms with Gasteiger partial charge in [-0.2, -0.15) is 5.10 Å². The van der Waals surface area contributed by atoms with Gasteiger partial charge in [0.2, 0.25) is 0 Å². The Labute approximate surface area is 180 Å². The predicted octanol–water partition coefficient (Wildman–Crippen LogP) is 3.81. The fraction of sp³-hybridized carbons (Fsp3) is 0.200. The summed E-state index contributed by atoms with van der Waals surface area (Å²) < 4.78 is 57.3. The van der Waals surface area contributed by atoms with Gasteiger partial charge in [0.25, 0.3) is 0 Å². The van der Waals surface area contributed by atoms with Crippen molar-refractivity contribution in [2.75, 3.05) is 12.8 Å². The van der Waals surface area contributed by atoms with Crippen molar-refractivity contribution in [2.24, 2.45) is 6.98 Å². The molecule has 1 atom stereocenters. The average Bonchev–Trinajstić information content (AvgIpc) is 3.25. The topological polar surface area (TPSA) is 101 Å². The summed E-state index contributed by atoms with van der Waals surface area (Å²) in [6.45, 7) is -0.959. The first-order chi connectivity index (χ1) is 16.3. The van der Waals surface area contributed by atoms with Crippen molar-refractivity contribution in [3.8, 4) is 22.6 Å². The molecule has 0 aliphatic heterocycles. The van der Waals surface area contributed by atoms with E-state index in [1.807, 2.05) is 0 Å². The fourth-order valence-electron chi connectivity index (χ4n) is 2.98. The smallest absolute Gasteiger partial charge is 0.191 e. The van der Waals surface area contributed by atoms with Crippen LogP contribution < -0.4 is 15.2 Å².